The highest BCUT2D eigenvalue weighted by Gasteiger charge is 2.15. The molecular formula is C11H15ClN2O. The summed E-state index contributed by atoms with van der Waals surface area (Å²) in [4.78, 5) is 12.3. The summed E-state index contributed by atoms with van der Waals surface area (Å²) >= 11 is 6.10. The Bertz CT molecular complexity index is 328. The minimum atomic E-state index is 0.101. The molecule has 0 spiro atoms. The topological polar surface area (TPSA) is 32.3 Å². The van der Waals surface area contributed by atoms with Gasteiger partial charge in [-0.25, -0.2) is 0 Å². The first-order valence-electron chi connectivity index (χ1n) is 4.74. The van der Waals surface area contributed by atoms with Gasteiger partial charge < -0.3 is 10.2 Å². The predicted octanol–water partition coefficient (Wildman–Crippen LogP) is 1.69. The maximum atomic E-state index is 10.3. The van der Waals surface area contributed by atoms with Crippen molar-refractivity contribution in [2.75, 3.05) is 20.6 Å². The van der Waals surface area contributed by atoms with Crippen LogP contribution in [0.5, 0.6) is 0 Å². The smallest absolute Gasteiger partial charge is 0.207 e. The minimum absolute atomic E-state index is 0.101. The van der Waals surface area contributed by atoms with Crippen LogP contribution in [0.3, 0.4) is 0 Å². The summed E-state index contributed by atoms with van der Waals surface area (Å²) in [5, 5.41) is 3.40. The summed E-state index contributed by atoms with van der Waals surface area (Å²) in [6.07, 6.45) is 0.702. The molecule has 0 heterocycles. The third-order valence-corrected chi connectivity index (χ3v) is 2.63. The van der Waals surface area contributed by atoms with Gasteiger partial charge in [0.25, 0.3) is 0 Å². The lowest BCUT2D eigenvalue weighted by Crippen LogP contribution is -2.30. The summed E-state index contributed by atoms with van der Waals surface area (Å²) in [6.45, 7) is 0.556. The van der Waals surface area contributed by atoms with Crippen molar-refractivity contribution in [2.45, 2.75) is 6.04 Å². The van der Waals surface area contributed by atoms with E-state index >= 15 is 0 Å². The van der Waals surface area contributed by atoms with Crippen LogP contribution in [0, 0.1) is 0 Å². The Morgan fingerprint density at radius 2 is 2.13 bits per heavy atom. The van der Waals surface area contributed by atoms with Crippen molar-refractivity contribution >= 4 is 18.0 Å². The van der Waals surface area contributed by atoms with Crippen LogP contribution in [0.4, 0.5) is 0 Å². The van der Waals surface area contributed by atoms with E-state index in [1.165, 1.54) is 0 Å². The van der Waals surface area contributed by atoms with Gasteiger partial charge in [-0.15, -0.1) is 0 Å². The molecular weight excluding hydrogens is 212 g/mol. The van der Waals surface area contributed by atoms with Gasteiger partial charge in [0.1, 0.15) is 0 Å². The first-order chi connectivity index (χ1) is 7.16. The van der Waals surface area contributed by atoms with Crippen molar-refractivity contribution in [1.82, 2.24) is 10.2 Å². The maximum absolute atomic E-state index is 10.3. The molecule has 0 aliphatic heterocycles. The van der Waals surface area contributed by atoms with E-state index in [9.17, 15) is 4.79 Å². The second kappa shape index (κ2) is 5.73. The Morgan fingerprint density at radius 1 is 1.47 bits per heavy atom. The van der Waals surface area contributed by atoms with Gasteiger partial charge in [0.15, 0.2) is 0 Å². The van der Waals surface area contributed by atoms with E-state index in [0.717, 1.165) is 10.6 Å². The Balaban J connectivity index is 2.88. The molecule has 1 atom stereocenters. The highest BCUT2D eigenvalue weighted by atomic mass is 35.5. The molecule has 15 heavy (non-hydrogen) atoms. The average Bonchev–Trinajstić information content (AvgIpc) is 2.20. The molecule has 1 aromatic carbocycles. The van der Waals surface area contributed by atoms with Gasteiger partial charge in [0.05, 0.1) is 6.04 Å². The molecule has 1 rings (SSSR count). The minimum Gasteiger partial charge on any atom is -0.357 e. The lowest BCUT2D eigenvalue weighted by atomic mass is 10.1. The zero-order valence-corrected chi connectivity index (χ0v) is 9.66. The Kier molecular flexibility index (Phi) is 4.59. The standard InChI is InChI=1S/C11H15ClN2O/c1-14(2)11(7-13-8-15)9-5-3-4-6-10(9)12/h3-6,8,11H,7H2,1-2H3,(H,13,15). The van der Waals surface area contributed by atoms with Crippen LogP contribution >= 0.6 is 11.6 Å². The van der Waals surface area contributed by atoms with Gasteiger partial charge in [-0.1, -0.05) is 29.8 Å². The molecule has 1 aromatic rings. The van der Waals surface area contributed by atoms with Crippen molar-refractivity contribution in [1.29, 1.82) is 0 Å². The number of halogens is 1. The van der Waals surface area contributed by atoms with Crippen molar-refractivity contribution in [3.63, 3.8) is 0 Å². The number of likely N-dealkylation sites (N-methyl/N-ethyl adjacent to an activating group) is 1. The second-order valence-corrected chi connectivity index (χ2v) is 3.93. The van der Waals surface area contributed by atoms with E-state index in [-0.39, 0.29) is 6.04 Å². The zero-order valence-electron chi connectivity index (χ0n) is 8.90. The molecule has 0 aliphatic carbocycles. The number of carbonyl (C=O) groups is 1. The summed E-state index contributed by atoms with van der Waals surface area (Å²) in [6, 6.07) is 7.77. The quantitative estimate of drug-likeness (QED) is 0.775. The number of carbonyl (C=O) groups excluding carboxylic acids is 1. The maximum Gasteiger partial charge on any atom is 0.207 e. The number of amides is 1. The predicted molar refractivity (Wildman–Crippen MR) is 61.9 cm³/mol. The molecule has 0 saturated heterocycles. The summed E-state index contributed by atoms with van der Waals surface area (Å²) in [5.74, 6) is 0. The van der Waals surface area contributed by atoms with Gasteiger partial charge in [0, 0.05) is 11.6 Å². The van der Waals surface area contributed by atoms with Crippen LogP contribution < -0.4 is 5.32 Å². The number of benzene rings is 1. The van der Waals surface area contributed by atoms with Crippen LogP contribution in [0.2, 0.25) is 5.02 Å². The number of rotatable bonds is 5. The molecule has 0 radical (unpaired) electrons. The molecule has 0 saturated carbocycles. The first-order valence-corrected chi connectivity index (χ1v) is 5.12. The van der Waals surface area contributed by atoms with Crippen LogP contribution in [0.25, 0.3) is 0 Å². The molecule has 0 fully saturated rings. The van der Waals surface area contributed by atoms with Crippen LogP contribution in [-0.4, -0.2) is 32.0 Å². The monoisotopic (exact) mass is 226 g/mol. The van der Waals surface area contributed by atoms with Gasteiger partial charge in [-0.05, 0) is 25.7 Å². The fraction of sp³-hybridized carbons (Fsp3) is 0.364. The third-order valence-electron chi connectivity index (χ3n) is 2.28. The fourth-order valence-electron chi connectivity index (χ4n) is 1.48. The first kappa shape index (κ1) is 12.0. The van der Waals surface area contributed by atoms with Crippen molar-refractivity contribution in [3.05, 3.63) is 34.9 Å². The molecule has 0 aromatic heterocycles. The molecule has 0 bridgehead atoms. The van der Waals surface area contributed by atoms with Crippen molar-refractivity contribution < 1.29 is 4.79 Å². The normalized spacial score (nSPS) is 12.5. The Labute approximate surface area is 95.0 Å². The highest BCUT2D eigenvalue weighted by Crippen LogP contribution is 2.25. The Morgan fingerprint density at radius 3 is 2.67 bits per heavy atom. The molecule has 1 unspecified atom stereocenters. The van der Waals surface area contributed by atoms with E-state index < -0.39 is 0 Å². The number of hydrogen-bond donors (Lipinski definition) is 1. The van der Waals surface area contributed by atoms with E-state index in [1.54, 1.807) is 0 Å². The van der Waals surface area contributed by atoms with Crippen LogP contribution in [-0.2, 0) is 4.79 Å². The SMILES string of the molecule is CN(C)C(CNC=O)c1ccccc1Cl. The van der Waals surface area contributed by atoms with E-state index in [0.29, 0.717) is 13.0 Å². The highest BCUT2D eigenvalue weighted by molar-refractivity contribution is 6.31. The molecule has 1 N–H and O–H groups in total. The Hall–Kier alpha value is -1.06. The van der Waals surface area contributed by atoms with Gasteiger partial charge in [0.2, 0.25) is 6.41 Å². The third kappa shape index (κ3) is 3.22. The zero-order chi connectivity index (χ0) is 11.3. The average molecular weight is 227 g/mol. The molecule has 1 amide bonds. The lowest BCUT2D eigenvalue weighted by molar-refractivity contribution is -0.109. The summed E-state index contributed by atoms with van der Waals surface area (Å²) < 4.78 is 0. The van der Waals surface area contributed by atoms with Crippen LogP contribution in [0.1, 0.15) is 11.6 Å². The molecule has 3 nitrogen and oxygen atoms in total. The fourth-order valence-corrected chi connectivity index (χ4v) is 1.74. The summed E-state index contributed by atoms with van der Waals surface area (Å²) in [5.41, 5.74) is 1.03. The van der Waals surface area contributed by atoms with Crippen molar-refractivity contribution in [3.8, 4) is 0 Å². The van der Waals surface area contributed by atoms with Gasteiger partial charge in [-0.2, -0.15) is 0 Å². The van der Waals surface area contributed by atoms with Crippen LogP contribution in [0.15, 0.2) is 24.3 Å². The number of nitrogens with zero attached hydrogens (tertiary/aromatic N) is 1. The van der Waals surface area contributed by atoms with Crippen molar-refractivity contribution in [2.24, 2.45) is 0 Å². The largest absolute Gasteiger partial charge is 0.357 e. The number of hydrogen-bond acceptors (Lipinski definition) is 2. The lowest BCUT2D eigenvalue weighted by Gasteiger charge is -2.25. The molecule has 0 aliphatic rings. The van der Waals surface area contributed by atoms with E-state index in [4.69, 9.17) is 11.6 Å². The molecule has 82 valence electrons. The summed E-state index contributed by atoms with van der Waals surface area (Å²) in [7, 11) is 3.92. The van der Waals surface area contributed by atoms with E-state index in [1.807, 2.05) is 43.3 Å². The van der Waals surface area contributed by atoms with E-state index in [2.05, 4.69) is 5.32 Å². The van der Waals surface area contributed by atoms with Gasteiger partial charge >= 0.3 is 0 Å². The number of nitrogens with one attached hydrogen (secondary N) is 1. The second-order valence-electron chi connectivity index (χ2n) is 3.53. The molecule has 4 heteroatoms. The van der Waals surface area contributed by atoms with Gasteiger partial charge in [-0.3, -0.25) is 4.79 Å².